The lowest BCUT2D eigenvalue weighted by molar-refractivity contribution is -0.122. The molecule has 7 nitrogen and oxygen atoms in total. The number of likely N-dealkylation sites (N-methyl/N-ethyl adjacent to an activating group) is 1. The van der Waals surface area contributed by atoms with Crippen molar-refractivity contribution >= 4 is 45.6 Å². The molecular formula is C20H20ClFN6O. The van der Waals surface area contributed by atoms with Gasteiger partial charge in [0.15, 0.2) is 5.82 Å². The first-order valence-electron chi connectivity index (χ1n) is 9.19. The molecule has 0 aliphatic carbocycles. The van der Waals surface area contributed by atoms with Crippen LogP contribution in [0, 0.1) is 5.82 Å². The summed E-state index contributed by atoms with van der Waals surface area (Å²) >= 11 is 5.87. The predicted molar refractivity (Wildman–Crippen MR) is 112 cm³/mol. The number of nitrogens with zero attached hydrogens (tertiary/aromatic N) is 3. The zero-order valence-electron chi connectivity index (χ0n) is 15.7. The third-order valence-electron chi connectivity index (χ3n) is 4.81. The normalized spacial score (nSPS) is 14.4. The zero-order valence-corrected chi connectivity index (χ0v) is 16.5. The topological polar surface area (TPSA) is 82.2 Å². The standard InChI is InChI=1S/C20H20ClFN6O/c1-23-18(29)10-28-8-13(9-28)26-12-5-6-16-14(7-12)20(25-11-24-16)27-17-4-2-3-15(21)19(17)22/h2-7,11,13,26H,8-10H2,1H3,(H,23,29)(H,24,25,27). The molecule has 2 heterocycles. The van der Waals surface area contributed by atoms with Crippen LogP contribution in [-0.2, 0) is 4.79 Å². The highest BCUT2D eigenvalue weighted by atomic mass is 35.5. The maximum absolute atomic E-state index is 14.3. The second kappa shape index (κ2) is 8.18. The van der Waals surface area contributed by atoms with Gasteiger partial charge in [0.1, 0.15) is 12.1 Å². The van der Waals surface area contributed by atoms with E-state index in [2.05, 4.69) is 30.8 Å². The average molecular weight is 415 g/mol. The highest BCUT2D eigenvalue weighted by Gasteiger charge is 2.27. The first-order valence-corrected chi connectivity index (χ1v) is 9.56. The minimum atomic E-state index is -0.527. The summed E-state index contributed by atoms with van der Waals surface area (Å²) < 4.78 is 14.3. The Balaban J connectivity index is 1.51. The number of carbonyl (C=O) groups is 1. The summed E-state index contributed by atoms with van der Waals surface area (Å²) in [6.45, 7) is 1.98. The second-order valence-corrected chi connectivity index (χ2v) is 7.30. The highest BCUT2D eigenvalue weighted by Crippen LogP contribution is 2.29. The van der Waals surface area contributed by atoms with Crippen LogP contribution in [0.4, 0.5) is 21.6 Å². The maximum Gasteiger partial charge on any atom is 0.233 e. The van der Waals surface area contributed by atoms with Crippen molar-refractivity contribution in [3.8, 4) is 0 Å². The molecule has 150 valence electrons. The van der Waals surface area contributed by atoms with Crippen molar-refractivity contribution in [2.24, 2.45) is 0 Å². The Labute approximate surface area is 172 Å². The van der Waals surface area contributed by atoms with Gasteiger partial charge in [0.05, 0.1) is 28.8 Å². The molecule has 0 spiro atoms. The number of likely N-dealkylation sites (tertiary alicyclic amines) is 1. The molecule has 29 heavy (non-hydrogen) atoms. The molecule has 0 saturated carbocycles. The largest absolute Gasteiger partial charge is 0.380 e. The molecule has 4 rings (SSSR count). The van der Waals surface area contributed by atoms with Crippen LogP contribution in [0.25, 0.3) is 10.9 Å². The lowest BCUT2D eigenvalue weighted by Crippen LogP contribution is -2.56. The number of fused-ring (bicyclic) bond motifs is 1. The Kier molecular flexibility index (Phi) is 5.46. The van der Waals surface area contributed by atoms with Crippen LogP contribution in [0.5, 0.6) is 0 Å². The summed E-state index contributed by atoms with van der Waals surface area (Å²) in [5, 5.41) is 9.89. The van der Waals surface area contributed by atoms with E-state index in [1.54, 1.807) is 19.2 Å². The molecule has 9 heteroatoms. The van der Waals surface area contributed by atoms with Gasteiger partial charge in [0.25, 0.3) is 0 Å². The summed E-state index contributed by atoms with van der Waals surface area (Å²) in [4.78, 5) is 22.0. The molecule has 3 aromatic rings. The number of hydrogen-bond donors (Lipinski definition) is 3. The van der Waals surface area contributed by atoms with Crippen LogP contribution in [0.3, 0.4) is 0 Å². The van der Waals surface area contributed by atoms with Gasteiger partial charge in [-0.15, -0.1) is 0 Å². The third-order valence-corrected chi connectivity index (χ3v) is 5.11. The molecule has 1 fully saturated rings. The molecular weight excluding hydrogens is 395 g/mol. The van der Waals surface area contributed by atoms with Crippen molar-refractivity contribution in [3.63, 3.8) is 0 Å². The minimum Gasteiger partial charge on any atom is -0.380 e. The molecule has 1 aliphatic heterocycles. The SMILES string of the molecule is CNC(=O)CN1CC(Nc2ccc3ncnc(Nc4cccc(Cl)c4F)c3c2)C1. The number of aromatic nitrogens is 2. The Morgan fingerprint density at radius 3 is 2.90 bits per heavy atom. The monoisotopic (exact) mass is 414 g/mol. The fourth-order valence-corrected chi connectivity index (χ4v) is 3.46. The van der Waals surface area contributed by atoms with E-state index in [1.807, 2.05) is 18.2 Å². The number of amides is 1. The van der Waals surface area contributed by atoms with Crippen LogP contribution < -0.4 is 16.0 Å². The number of hydrogen-bond acceptors (Lipinski definition) is 6. The smallest absolute Gasteiger partial charge is 0.233 e. The fraction of sp³-hybridized carbons (Fsp3) is 0.250. The van der Waals surface area contributed by atoms with Crippen LogP contribution in [0.15, 0.2) is 42.7 Å². The van der Waals surface area contributed by atoms with Gasteiger partial charge in [-0.2, -0.15) is 0 Å². The van der Waals surface area contributed by atoms with Gasteiger partial charge in [-0.05, 0) is 30.3 Å². The molecule has 0 bridgehead atoms. The molecule has 0 atom stereocenters. The van der Waals surface area contributed by atoms with E-state index in [-0.39, 0.29) is 22.7 Å². The number of carbonyl (C=O) groups excluding carboxylic acids is 1. The van der Waals surface area contributed by atoms with E-state index in [0.717, 1.165) is 29.7 Å². The lowest BCUT2D eigenvalue weighted by atomic mass is 10.1. The van der Waals surface area contributed by atoms with Gasteiger partial charge >= 0.3 is 0 Å². The van der Waals surface area contributed by atoms with E-state index < -0.39 is 5.82 Å². The molecule has 1 saturated heterocycles. The first-order chi connectivity index (χ1) is 14.0. The molecule has 0 unspecified atom stereocenters. The van der Waals surface area contributed by atoms with E-state index in [4.69, 9.17) is 11.6 Å². The van der Waals surface area contributed by atoms with Crippen molar-refractivity contribution in [3.05, 3.63) is 53.6 Å². The van der Waals surface area contributed by atoms with E-state index in [0.29, 0.717) is 12.4 Å². The zero-order chi connectivity index (χ0) is 20.4. The number of benzene rings is 2. The van der Waals surface area contributed by atoms with E-state index >= 15 is 0 Å². The molecule has 1 aliphatic rings. The Bertz CT molecular complexity index is 1060. The van der Waals surface area contributed by atoms with Crippen molar-refractivity contribution in [1.82, 2.24) is 20.2 Å². The number of nitrogens with one attached hydrogen (secondary N) is 3. The predicted octanol–water partition coefficient (Wildman–Crippen LogP) is 3.01. The number of halogens is 2. The quantitative estimate of drug-likeness (QED) is 0.575. The molecule has 1 amide bonds. The van der Waals surface area contributed by atoms with Crippen molar-refractivity contribution in [2.45, 2.75) is 6.04 Å². The average Bonchev–Trinajstić information content (AvgIpc) is 2.70. The van der Waals surface area contributed by atoms with Crippen LogP contribution in [0.1, 0.15) is 0 Å². The highest BCUT2D eigenvalue weighted by molar-refractivity contribution is 6.31. The Hall–Kier alpha value is -2.97. The molecule has 1 aromatic heterocycles. The van der Waals surface area contributed by atoms with Gasteiger partial charge in [-0.1, -0.05) is 17.7 Å². The summed E-state index contributed by atoms with van der Waals surface area (Å²) in [5.41, 5.74) is 1.90. The lowest BCUT2D eigenvalue weighted by Gasteiger charge is -2.39. The molecule has 0 radical (unpaired) electrons. The Morgan fingerprint density at radius 1 is 1.28 bits per heavy atom. The number of rotatable bonds is 6. The minimum absolute atomic E-state index is 0.00951. The van der Waals surface area contributed by atoms with Crippen molar-refractivity contribution < 1.29 is 9.18 Å². The number of anilines is 3. The maximum atomic E-state index is 14.3. The summed E-state index contributed by atoms with van der Waals surface area (Å²) in [6, 6.07) is 10.8. The molecule has 2 aromatic carbocycles. The van der Waals surface area contributed by atoms with Gasteiger partial charge in [0.2, 0.25) is 5.91 Å². The summed E-state index contributed by atoms with van der Waals surface area (Å²) in [5.74, 6) is -0.0224. The van der Waals surface area contributed by atoms with Gasteiger partial charge < -0.3 is 16.0 Å². The summed E-state index contributed by atoms with van der Waals surface area (Å²) in [6.07, 6.45) is 1.43. The van der Waals surface area contributed by atoms with Gasteiger partial charge in [0, 0.05) is 31.2 Å². The van der Waals surface area contributed by atoms with Crippen molar-refractivity contribution in [2.75, 3.05) is 37.3 Å². The fourth-order valence-electron chi connectivity index (χ4n) is 3.28. The third kappa shape index (κ3) is 4.23. The summed E-state index contributed by atoms with van der Waals surface area (Å²) in [7, 11) is 1.63. The van der Waals surface area contributed by atoms with Gasteiger partial charge in [-0.3, -0.25) is 9.69 Å². The first kappa shape index (κ1) is 19.4. The Morgan fingerprint density at radius 2 is 2.10 bits per heavy atom. The van der Waals surface area contributed by atoms with Crippen LogP contribution in [0.2, 0.25) is 5.02 Å². The molecule has 3 N–H and O–H groups in total. The van der Waals surface area contributed by atoms with Crippen molar-refractivity contribution in [1.29, 1.82) is 0 Å². The van der Waals surface area contributed by atoms with Crippen LogP contribution >= 0.6 is 11.6 Å². The van der Waals surface area contributed by atoms with E-state index in [9.17, 15) is 9.18 Å². The second-order valence-electron chi connectivity index (χ2n) is 6.89. The van der Waals surface area contributed by atoms with Gasteiger partial charge in [-0.25, -0.2) is 14.4 Å². The van der Waals surface area contributed by atoms with Crippen LogP contribution in [-0.4, -0.2) is 53.5 Å². The van der Waals surface area contributed by atoms with E-state index in [1.165, 1.54) is 12.4 Å².